The van der Waals surface area contributed by atoms with E-state index in [0.29, 0.717) is 13.0 Å². The molecule has 1 heterocycles. The van der Waals surface area contributed by atoms with Crippen LogP contribution in [0.4, 0.5) is 11.4 Å². The molecule has 3 heteroatoms. The minimum Gasteiger partial charge on any atom is -0.469 e. The number of benzene rings is 2. The highest BCUT2D eigenvalue weighted by Crippen LogP contribution is 2.40. The predicted molar refractivity (Wildman–Crippen MR) is 135 cm³/mol. The van der Waals surface area contributed by atoms with Gasteiger partial charge in [0.05, 0.1) is 13.5 Å². The van der Waals surface area contributed by atoms with Crippen molar-refractivity contribution in [3.05, 3.63) is 58.7 Å². The molecule has 0 atom stereocenters. The minimum absolute atomic E-state index is 0.155. The van der Waals surface area contributed by atoms with Gasteiger partial charge in [-0.2, -0.15) is 0 Å². The van der Waals surface area contributed by atoms with Crippen molar-refractivity contribution in [2.75, 3.05) is 18.6 Å². The lowest BCUT2D eigenvalue weighted by atomic mass is 9.88. The first-order chi connectivity index (χ1) is 15.5. The van der Waals surface area contributed by atoms with Gasteiger partial charge in [-0.15, -0.1) is 0 Å². The molecule has 3 nitrogen and oxygen atoms in total. The van der Waals surface area contributed by atoms with Gasteiger partial charge in [0.2, 0.25) is 0 Å². The Kier molecular flexibility index (Phi) is 8.78. The maximum absolute atomic E-state index is 12.0. The first kappa shape index (κ1) is 24.4. The number of hydrogen-bond donors (Lipinski definition) is 0. The molecule has 0 aliphatic carbocycles. The lowest BCUT2D eigenvalue weighted by Crippen LogP contribution is -2.27. The van der Waals surface area contributed by atoms with Crippen LogP contribution in [0.2, 0.25) is 0 Å². The second-order valence-electron chi connectivity index (χ2n) is 9.35. The van der Waals surface area contributed by atoms with Crippen LogP contribution < -0.4 is 4.90 Å². The third-order valence-electron chi connectivity index (χ3n) is 7.38. The normalized spacial score (nSPS) is 12.8. The Bertz CT molecular complexity index is 896. The van der Waals surface area contributed by atoms with E-state index >= 15 is 0 Å². The molecule has 0 saturated carbocycles. The highest BCUT2D eigenvalue weighted by molar-refractivity contribution is 5.77. The molecule has 0 aromatic heterocycles. The summed E-state index contributed by atoms with van der Waals surface area (Å²) in [5, 5.41) is 0. The average molecular weight is 436 g/mol. The number of anilines is 2. The Morgan fingerprint density at radius 2 is 1.44 bits per heavy atom. The van der Waals surface area contributed by atoms with E-state index in [1.807, 2.05) is 0 Å². The van der Waals surface area contributed by atoms with E-state index in [4.69, 9.17) is 4.74 Å². The van der Waals surface area contributed by atoms with E-state index in [9.17, 15) is 4.79 Å². The number of ether oxygens (including phenoxy) is 1. The first-order valence-corrected chi connectivity index (χ1v) is 12.6. The second-order valence-corrected chi connectivity index (χ2v) is 9.35. The van der Waals surface area contributed by atoms with Gasteiger partial charge in [0, 0.05) is 24.3 Å². The van der Waals surface area contributed by atoms with Crippen LogP contribution >= 0.6 is 0 Å². The van der Waals surface area contributed by atoms with Gasteiger partial charge in [-0.05, 0) is 59.1 Å². The molecular formula is C29H41NO2. The maximum atomic E-state index is 12.0. The van der Waals surface area contributed by atoms with E-state index < -0.39 is 0 Å². The number of hydrogen-bond acceptors (Lipinski definition) is 3. The smallest absolute Gasteiger partial charge is 0.307 e. The average Bonchev–Trinajstić information content (AvgIpc) is 2.83. The first-order valence-electron chi connectivity index (χ1n) is 12.6. The number of carbonyl (C=O) groups is 1. The molecule has 1 aliphatic heterocycles. The van der Waals surface area contributed by atoms with E-state index in [2.05, 4.69) is 69.0 Å². The van der Waals surface area contributed by atoms with Gasteiger partial charge in [-0.25, -0.2) is 0 Å². The molecule has 0 unspecified atom stereocenters. The topological polar surface area (TPSA) is 29.5 Å². The predicted octanol–water partition coefficient (Wildman–Crippen LogP) is 7.25. The van der Waals surface area contributed by atoms with Crippen LogP contribution in [0.5, 0.6) is 0 Å². The molecule has 174 valence electrons. The van der Waals surface area contributed by atoms with Crippen molar-refractivity contribution in [3.8, 4) is 0 Å². The van der Waals surface area contributed by atoms with E-state index in [0.717, 1.165) is 31.1 Å². The molecule has 32 heavy (non-hydrogen) atoms. The monoisotopic (exact) mass is 435 g/mol. The fraction of sp³-hybridized carbons (Fsp3) is 0.552. The van der Waals surface area contributed by atoms with E-state index in [1.54, 1.807) is 0 Å². The second kappa shape index (κ2) is 11.5. The summed E-state index contributed by atoms with van der Waals surface area (Å²) in [5.41, 5.74) is 8.06. The van der Waals surface area contributed by atoms with Crippen molar-refractivity contribution in [1.82, 2.24) is 0 Å². The lowest BCUT2D eigenvalue weighted by molar-refractivity contribution is -0.140. The quantitative estimate of drug-likeness (QED) is 0.348. The molecule has 1 aliphatic rings. The Labute approximate surface area is 195 Å². The number of nitrogens with zero attached hydrogens (tertiary/aromatic N) is 1. The number of methoxy groups -OCH3 is 1. The molecule has 2 aromatic carbocycles. The fourth-order valence-corrected chi connectivity index (χ4v) is 5.01. The molecule has 0 N–H and O–H groups in total. The van der Waals surface area contributed by atoms with Gasteiger partial charge in [-0.1, -0.05) is 77.6 Å². The van der Waals surface area contributed by atoms with Crippen molar-refractivity contribution in [3.63, 3.8) is 0 Å². The molecule has 0 saturated heterocycles. The zero-order valence-corrected chi connectivity index (χ0v) is 20.7. The molecule has 0 amide bonds. The summed E-state index contributed by atoms with van der Waals surface area (Å²) >= 11 is 0. The van der Waals surface area contributed by atoms with Gasteiger partial charge in [0.1, 0.15) is 0 Å². The van der Waals surface area contributed by atoms with Crippen LogP contribution in [0, 0.1) is 11.8 Å². The summed E-state index contributed by atoms with van der Waals surface area (Å²) in [6.07, 6.45) is 8.48. The van der Waals surface area contributed by atoms with E-state index in [-0.39, 0.29) is 5.97 Å². The van der Waals surface area contributed by atoms with Crippen LogP contribution in [0.1, 0.15) is 82.1 Å². The summed E-state index contributed by atoms with van der Waals surface area (Å²) in [4.78, 5) is 14.3. The molecule has 3 rings (SSSR count). The number of esters is 1. The SMILES string of the molecule is CCC(CC)Cc1ccc2c(c1)Cc1ccc(CC(CC)CC)cc1N2CCC(=O)OC. The van der Waals surface area contributed by atoms with Crippen molar-refractivity contribution in [2.45, 2.75) is 79.1 Å². The van der Waals surface area contributed by atoms with Crippen LogP contribution in [0.15, 0.2) is 36.4 Å². The Morgan fingerprint density at radius 1 is 0.844 bits per heavy atom. The maximum Gasteiger partial charge on any atom is 0.307 e. The molecule has 0 radical (unpaired) electrons. The molecule has 0 bridgehead atoms. The van der Waals surface area contributed by atoms with Crippen LogP contribution in [-0.2, 0) is 28.8 Å². The molecule has 0 spiro atoms. The largest absolute Gasteiger partial charge is 0.469 e. The van der Waals surface area contributed by atoms with Crippen LogP contribution in [0.3, 0.4) is 0 Å². The highest BCUT2D eigenvalue weighted by atomic mass is 16.5. The van der Waals surface area contributed by atoms with Crippen molar-refractivity contribution in [2.24, 2.45) is 11.8 Å². The highest BCUT2D eigenvalue weighted by Gasteiger charge is 2.24. The fourth-order valence-electron chi connectivity index (χ4n) is 5.01. The Hall–Kier alpha value is -2.29. The summed E-state index contributed by atoms with van der Waals surface area (Å²) in [7, 11) is 1.47. The third-order valence-corrected chi connectivity index (χ3v) is 7.38. The van der Waals surface area contributed by atoms with Gasteiger partial charge < -0.3 is 9.64 Å². The van der Waals surface area contributed by atoms with Crippen LogP contribution in [-0.4, -0.2) is 19.6 Å². The molecule has 0 fully saturated rings. The number of carbonyl (C=O) groups excluding carboxylic acids is 1. The molecular weight excluding hydrogens is 394 g/mol. The number of rotatable bonds is 11. The van der Waals surface area contributed by atoms with E-state index in [1.165, 1.54) is 66.4 Å². The molecule has 2 aromatic rings. The van der Waals surface area contributed by atoms with Crippen molar-refractivity contribution < 1.29 is 9.53 Å². The Balaban J connectivity index is 1.94. The summed E-state index contributed by atoms with van der Waals surface area (Å²) in [5.74, 6) is 1.31. The number of fused-ring (bicyclic) bond motifs is 2. The summed E-state index contributed by atoms with van der Waals surface area (Å²) < 4.78 is 4.94. The van der Waals surface area contributed by atoms with Crippen molar-refractivity contribution >= 4 is 17.3 Å². The van der Waals surface area contributed by atoms with Gasteiger partial charge >= 0.3 is 5.97 Å². The zero-order chi connectivity index (χ0) is 23.1. The zero-order valence-electron chi connectivity index (χ0n) is 20.7. The lowest BCUT2D eigenvalue weighted by Gasteiger charge is -2.34. The van der Waals surface area contributed by atoms with Gasteiger partial charge in [0.25, 0.3) is 0 Å². The van der Waals surface area contributed by atoms with Gasteiger partial charge in [0.15, 0.2) is 0 Å². The standard InChI is InChI=1S/C29H41NO2/c1-6-21(7-2)16-23-11-13-27-26(18-23)20-25-12-10-24(17-22(8-3)9-4)19-28(25)30(27)15-14-29(31)32-5/h10-13,18-19,21-22H,6-9,14-17,20H2,1-5H3. The Morgan fingerprint density at radius 3 is 2.03 bits per heavy atom. The summed E-state index contributed by atoms with van der Waals surface area (Å²) in [6, 6.07) is 14.0. The minimum atomic E-state index is -0.155. The third kappa shape index (κ3) is 5.74. The van der Waals surface area contributed by atoms with Gasteiger partial charge in [-0.3, -0.25) is 4.79 Å². The van der Waals surface area contributed by atoms with Crippen molar-refractivity contribution in [1.29, 1.82) is 0 Å². The van der Waals surface area contributed by atoms with Crippen LogP contribution in [0.25, 0.3) is 0 Å². The summed E-state index contributed by atoms with van der Waals surface area (Å²) in [6.45, 7) is 9.79.